The Balaban J connectivity index is 1.66. The van der Waals surface area contributed by atoms with E-state index >= 15 is 0 Å². The third-order valence-corrected chi connectivity index (χ3v) is 5.33. The van der Waals surface area contributed by atoms with Crippen molar-refractivity contribution in [2.75, 3.05) is 10.2 Å². The quantitative estimate of drug-likeness (QED) is 0.635. The first-order valence-corrected chi connectivity index (χ1v) is 9.78. The summed E-state index contributed by atoms with van der Waals surface area (Å²) in [6.07, 6.45) is -1.19. The largest absolute Gasteiger partial charge is 0.449 e. The minimum Gasteiger partial charge on any atom is -0.449 e. The third-order valence-electron chi connectivity index (χ3n) is 5.33. The van der Waals surface area contributed by atoms with Gasteiger partial charge in [-0.15, -0.1) is 0 Å². The number of pyridine rings is 1. The maximum atomic E-state index is 13.3. The fraction of sp³-hybridized carbons (Fsp3) is 0.217. The first-order valence-electron chi connectivity index (χ1n) is 9.78. The summed E-state index contributed by atoms with van der Waals surface area (Å²) in [4.78, 5) is 54.7. The fourth-order valence-electron chi connectivity index (χ4n) is 3.68. The van der Waals surface area contributed by atoms with Gasteiger partial charge in [0.05, 0.1) is 16.9 Å². The smallest absolute Gasteiger partial charge is 0.339 e. The summed E-state index contributed by atoms with van der Waals surface area (Å²) in [6.45, 7) is 4.69. The van der Waals surface area contributed by atoms with E-state index in [-0.39, 0.29) is 11.5 Å². The Labute approximate surface area is 177 Å². The van der Waals surface area contributed by atoms with Crippen molar-refractivity contribution < 1.29 is 19.1 Å². The number of hydrogen-bond donors (Lipinski definition) is 2. The Morgan fingerprint density at radius 1 is 1.03 bits per heavy atom. The second-order valence-corrected chi connectivity index (χ2v) is 7.84. The van der Waals surface area contributed by atoms with Crippen LogP contribution in [0.2, 0.25) is 0 Å². The summed E-state index contributed by atoms with van der Waals surface area (Å²) in [7, 11) is 0. The normalized spacial score (nSPS) is 15.7. The molecule has 0 aliphatic carbocycles. The molecule has 0 saturated heterocycles. The van der Waals surface area contributed by atoms with Gasteiger partial charge in [0.2, 0.25) is 11.5 Å². The summed E-state index contributed by atoms with van der Waals surface area (Å²) >= 11 is 0. The average Bonchev–Trinajstić information content (AvgIpc) is 2.73. The minimum absolute atomic E-state index is 0.0649. The monoisotopic (exact) mass is 419 g/mol. The number of H-pyrrole nitrogens is 1. The molecule has 1 aromatic heterocycles. The van der Waals surface area contributed by atoms with Gasteiger partial charge in [-0.2, -0.15) is 0 Å². The number of ether oxygens (including phenoxy) is 1. The number of esters is 1. The first-order chi connectivity index (χ1) is 14.7. The molecule has 2 amide bonds. The van der Waals surface area contributed by atoms with Crippen molar-refractivity contribution in [1.82, 2.24) is 4.98 Å². The molecule has 3 aromatic rings. The second kappa shape index (κ2) is 7.39. The third kappa shape index (κ3) is 3.46. The Morgan fingerprint density at radius 2 is 1.71 bits per heavy atom. The van der Waals surface area contributed by atoms with E-state index in [1.54, 1.807) is 62.4 Å². The molecule has 1 aliphatic heterocycles. The summed E-state index contributed by atoms with van der Waals surface area (Å²) in [5.41, 5.74) is -0.0742. The predicted molar refractivity (Wildman–Crippen MR) is 116 cm³/mol. The van der Waals surface area contributed by atoms with Crippen LogP contribution >= 0.6 is 0 Å². The number of hydrogen-bond acceptors (Lipinski definition) is 5. The van der Waals surface area contributed by atoms with Gasteiger partial charge in [0.25, 0.3) is 5.91 Å². The summed E-state index contributed by atoms with van der Waals surface area (Å²) in [5.74, 6) is -1.69. The molecule has 0 spiro atoms. The van der Waals surface area contributed by atoms with Crippen LogP contribution in [0, 0.1) is 0 Å². The van der Waals surface area contributed by atoms with E-state index in [2.05, 4.69) is 10.3 Å². The average molecular weight is 419 g/mol. The molecule has 0 radical (unpaired) electrons. The van der Waals surface area contributed by atoms with Crippen LogP contribution in [0.25, 0.3) is 10.9 Å². The zero-order valence-electron chi connectivity index (χ0n) is 17.3. The van der Waals surface area contributed by atoms with E-state index in [4.69, 9.17) is 4.74 Å². The van der Waals surface area contributed by atoms with Crippen LogP contribution in [0.15, 0.2) is 59.4 Å². The summed E-state index contributed by atoms with van der Waals surface area (Å²) < 4.78 is 5.44. The summed E-state index contributed by atoms with van der Waals surface area (Å²) in [6, 6.07) is 14.9. The fourth-order valence-corrected chi connectivity index (χ4v) is 3.68. The van der Waals surface area contributed by atoms with Crippen molar-refractivity contribution in [2.45, 2.75) is 32.4 Å². The molecular formula is C23H21N3O5. The predicted octanol–water partition coefficient (Wildman–Crippen LogP) is 2.84. The van der Waals surface area contributed by atoms with E-state index in [0.717, 1.165) is 6.07 Å². The number of fused-ring (bicyclic) bond motifs is 2. The lowest BCUT2D eigenvalue weighted by Crippen LogP contribution is -2.60. The van der Waals surface area contributed by atoms with E-state index < -0.39 is 29.1 Å². The highest BCUT2D eigenvalue weighted by Gasteiger charge is 2.45. The van der Waals surface area contributed by atoms with Crippen molar-refractivity contribution in [1.29, 1.82) is 0 Å². The van der Waals surface area contributed by atoms with E-state index in [0.29, 0.717) is 22.3 Å². The number of anilines is 2. The highest BCUT2D eigenvalue weighted by molar-refractivity contribution is 6.15. The van der Waals surface area contributed by atoms with Gasteiger partial charge >= 0.3 is 5.97 Å². The number of nitrogens with zero attached hydrogens (tertiary/aromatic N) is 1. The molecule has 2 heterocycles. The van der Waals surface area contributed by atoms with Gasteiger partial charge in [-0.1, -0.05) is 30.3 Å². The number of para-hydroxylation sites is 3. The number of aromatic nitrogens is 1. The van der Waals surface area contributed by atoms with Gasteiger partial charge in [0.15, 0.2) is 6.10 Å². The van der Waals surface area contributed by atoms with Gasteiger partial charge in [0, 0.05) is 17.0 Å². The molecule has 2 aromatic carbocycles. The van der Waals surface area contributed by atoms with Crippen LogP contribution in [-0.4, -0.2) is 34.4 Å². The van der Waals surface area contributed by atoms with Gasteiger partial charge in [-0.3, -0.25) is 19.3 Å². The van der Waals surface area contributed by atoms with E-state index in [1.807, 2.05) is 0 Å². The van der Waals surface area contributed by atoms with E-state index in [1.165, 1.54) is 11.8 Å². The number of carbonyl (C=O) groups is 3. The van der Waals surface area contributed by atoms with Gasteiger partial charge in [-0.05, 0) is 39.0 Å². The lowest BCUT2D eigenvalue weighted by molar-refractivity contribution is -0.131. The Bertz CT molecular complexity index is 1280. The molecule has 2 N–H and O–H groups in total. The number of nitrogens with one attached hydrogen (secondary N) is 2. The van der Waals surface area contributed by atoms with Gasteiger partial charge < -0.3 is 15.0 Å². The number of rotatable bonds is 3. The van der Waals surface area contributed by atoms with Crippen LogP contribution in [-0.2, 0) is 14.3 Å². The van der Waals surface area contributed by atoms with Crippen LogP contribution in [0.3, 0.4) is 0 Å². The molecule has 0 fully saturated rings. The molecule has 0 bridgehead atoms. The number of benzene rings is 2. The van der Waals surface area contributed by atoms with Crippen LogP contribution in [0.4, 0.5) is 11.4 Å². The van der Waals surface area contributed by atoms with Crippen molar-refractivity contribution in [2.24, 2.45) is 0 Å². The zero-order valence-corrected chi connectivity index (χ0v) is 17.3. The standard InChI is InChI=1S/C23H21N3O5/c1-13(31-21(29)15-12-19(27)24-16-9-5-4-8-14(15)16)20(28)26-18-11-7-6-10-17(18)25-22(30)23(26,2)3/h4-13H,1-3H3,(H,24,27)(H,25,30)/t13-/m1/s1. The topological polar surface area (TPSA) is 109 Å². The minimum atomic E-state index is -1.19. The second-order valence-electron chi connectivity index (χ2n) is 7.84. The summed E-state index contributed by atoms with van der Waals surface area (Å²) in [5, 5.41) is 3.30. The Morgan fingerprint density at radius 3 is 2.48 bits per heavy atom. The molecule has 0 unspecified atom stereocenters. The van der Waals surface area contributed by atoms with Gasteiger partial charge in [-0.25, -0.2) is 4.79 Å². The molecule has 8 heteroatoms. The molecule has 1 atom stereocenters. The maximum Gasteiger partial charge on any atom is 0.339 e. The first kappa shape index (κ1) is 20.3. The molecule has 4 rings (SSSR count). The SMILES string of the molecule is C[C@@H](OC(=O)c1cc(=O)[nH]c2ccccc12)C(=O)N1c2ccccc2NC(=O)C1(C)C. The molecular weight excluding hydrogens is 398 g/mol. The van der Waals surface area contributed by atoms with Crippen molar-refractivity contribution >= 4 is 40.1 Å². The van der Waals surface area contributed by atoms with Crippen LogP contribution < -0.4 is 15.8 Å². The van der Waals surface area contributed by atoms with Crippen molar-refractivity contribution in [3.05, 3.63) is 70.5 Å². The highest BCUT2D eigenvalue weighted by atomic mass is 16.5. The molecule has 158 valence electrons. The molecule has 31 heavy (non-hydrogen) atoms. The lowest BCUT2D eigenvalue weighted by Gasteiger charge is -2.42. The van der Waals surface area contributed by atoms with Gasteiger partial charge in [0.1, 0.15) is 5.54 Å². The lowest BCUT2D eigenvalue weighted by atomic mass is 9.95. The Kier molecular flexibility index (Phi) is 4.85. The molecule has 0 saturated carbocycles. The van der Waals surface area contributed by atoms with E-state index in [9.17, 15) is 19.2 Å². The zero-order chi connectivity index (χ0) is 22.3. The van der Waals surface area contributed by atoms with Crippen LogP contribution in [0.1, 0.15) is 31.1 Å². The molecule has 1 aliphatic rings. The van der Waals surface area contributed by atoms with Crippen molar-refractivity contribution in [3.8, 4) is 0 Å². The van der Waals surface area contributed by atoms with Crippen molar-refractivity contribution in [3.63, 3.8) is 0 Å². The number of carbonyl (C=O) groups excluding carboxylic acids is 3. The maximum absolute atomic E-state index is 13.3. The van der Waals surface area contributed by atoms with Crippen LogP contribution in [0.5, 0.6) is 0 Å². The molecule has 8 nitrogen and oxygen atoms in total. The number of amides is 2. The highest BCUT2D eigenvalue weighted by Crippen LogP contribution is 2.37. The number of aromatic amines is 1. The Hall–Kier alpha value is -3.94.